The lowest BCUT2D eigenvalue weighted by molar-refractivity contribution is -0.263. The Morgan fingerprint density at radius 1 is 1.18 bits per heavy atom. The zero-order chi connectivity index (χ0) is 12.4. The summed E-state index contributed by atoms with van der Waals surface area (Å²) in [6.07, 6.45) is -3.85. The standard InChI is InChI=1S/C10H20N2O4S/c11-5-6-8(13)9(14)7(10(15)16-6)12-1-3-17-4-2-12/h6-10,13-15H,1-5,11H2/t6-,7-,8+,9-,10?/m1/s1. The molecule has 2 saturated heterocycles. The Balaban J connectivity index is 2.05. The van der Waals surface area contributed by atoms with Crippen LogP contribution in [0.3, 0.4) is 0 Å². The molecule has 0 aromatic carbocycles. The molecular weight excluding hydrogens is 244 g/mol. The molecule has 0 bridgehead atoms. The van der Waals surface area contributed by atoms with Gasteiger partial charge in [-0.2, -0.15) is 11.8 Å². The molecule has 0 aromatic heterocycles. The van der Waals surface area contributed by atoms with Gasteiger partial charge in [-0.05, 0) is 0 Å². The second-order valence-corrected chi connectivity index (χ2v) is 5.65. The van der Waals surface area contributed by atoms with E-state index in [0.29, 0.717) is 0 Å². The van der Waals surface area contributed by atoms with E-state index in [2.05, 4.69) is 0 Å². The molecule has 0 radical (unpaired) electrons. The predicted molar refractivity (Wildman–Crippen MR) is 64.6 cm³/mol. The van der Waals surface area contributed by atoms with Crippen molar-refractivity contribution in [3.8, 4) is 0 Å². The number of ether oxygens (including phenoxy) is 1. The van der Waals surface area contributed by atoms with Crippen molar-refractivity contribution in [2.45, 2.75) is 30.6 Å². The molecule has 2 heterocycles. The van der Waals surface area contributed by atoms with Gasteiger partial charge in [-0.25, -0.2) is 0 Å². The molecular formula is C10H20N2O4S. The minimum absolute atomic E-state index is 0.0812. The van der Waals surface area contributed by atoms with Crippen molar-refractivity contribution < 1.29 is 20.1 Å². The molecule has 0 aliphatic carbocycles. The summed E-state index contributed by atoms with van der Waals surface area (Å²) < 4.78 is 5.26. The first kappa shape index (κ1) is 13.5. The first-order valence-corrected chi connectivity index (χ1v) is 7.02. The maximum atomic E-state index is 10.1. The molecule has 2 fully saturated rings. The first-order chi connectivity index (χ1) is 8.15. The molecule has 0 spiro atoms. The van der Waals surface area contributed by atoms with Crippen LogP contribution in [0.5, 0.6) is 0 Å². The van der Waals surface area contributed by atoms with Crippen molar-refractivity contribution in [1.29, 1.82) is 0 Å². The van der Waals surface area contributed by atoms with E-state index in [1.807, 2.05) is 16.7 Å². The largest absolute Gasteiger partial charge is 0.388 e. The molecule has 17 heavy (non-hydrogen) atoms. The van der Waals surface area contributed by atoms with Crippen LogP contribution in [-0.4, -0.2) is 82.0 Å². The first-order valence-electron chi connectivity index (χ1n) is 5.86. The van der Waals surface area contributed by atoms with Crippen molar-refractivity contribution in [2.24, 2.45) is 5.73 Å². The Labute approximate surface area is 105 Å². The molecule has 0 saturated carbocycles. The van der Waals surface area contributed by atoms with Gasteiger partial charge in [0.1, 0.15) is 18.3 Å². The lowest BCUT2D eigenvalue weighted by Crippen LogP contribution is -2.65. The van der Waals surface area contributed by atoms with Gasteiger partial charge in [0.05, 0.1) is 6.04 Å². The molecule has 2 aliphatic heterocycles. The topological polar surface area (TPSA) is 99.2 Å². The maximum absolute atomic E-state index is 10.1. The fourth-order valence-electron chi connectivity index (χ4n) is 2.40. The van der Waals surface area contributed by atoms with Gasteiger partial charge in [0.2, 0.25) is 0 Å². The highest BCUT2D eigenvalue weighted by atomic mass is 32.2. The van der Waals surface area contributed by atoms with Gasteiger partial charge >= 0.3 is 0 Å². The highest BCUT2D eigenvalue weighted by Crippen LogP contribution is 2.25. The number of rotatable bonds is 2. The smallest absolute Gasteiger partial charge is 0.173 e. The van der Waals surface area contributed by atoms with E-state index in [1.54, 1.807) is 0 Å². The number of nitrogens with zero attached hydrogens (tertiary/aromatic N) is 1. The van der Waals surface area contributed by atoms with Gasteiger partial charge in [0.25, 0.3) is 0 Å². The second kappa shape index (κ2) is 5.83. The molecule has 5 N–H and O–H groups in total. The van der Waals surface area contributed by atoms with E-state index in [0.717, 1.165) is 24.6 Å². The molecule has 2 aliphatic rings. The number of aliphatic hydroxyl groups excluding tert-OH is 3. The minimum Gasteiger partial charge on any atom is -0.388 e. The van der Waals surface area contributed by atoms with Gasteiger partial charge < -0.3 is 25.8 Å². The molecule has 1 unspecified atom stereocenters. The fraction of sp³-hybridized carbons (Fsp3) is 1.00. The average Bonchev–Trinajstić information content (AvgIpc) is 2.35. The number of aliphatic hydroxyl groups is 3. The van der Waals surface area contributed by atoms with E-state index in [-0.39, 0.29) is 6.54 Å². The monoisotopic (exact) mass is 264 g/mol. The van der Waals surface area contributed by atoms with Crippen molar-refractivity contribution in [3.63, 3.8) is 0 Å². The average molecular weight is 264 g/mol. The molecule has 7 heteroatoms. The second-order valence-electron chi connectivity index (χ2n) is 4.42. The van der Waals surface area contributed by atoms with Crippen LogP contribution in [0.25, 0.3) is 0 Å². The van der Waals surface area contributed by atoms with E-state index in [4.69, 9.17) is 10.5 Å². The van der Waals surface area contributed by atoms with E-state index in [9.17, 15) is 15.3 Å². The summed E-state index contributed by atoms with van der Waals surface area (Å²) in [6.45, 7) is 1.65. The Bertz CT molecular complexity index is 252. The van der Waals surface area contributed by atoms with Crippen molar-refractivity contribution in [1.82, 2.24) is 4.90 Å². The Hall–Kier alpha value is 0.110. The quantitative estimate of drug-likeness (QED) is 0.449. The van der Waals surface area contributed by atoms with Gasteiger partial charge in [-0.15, -0.1) is 0 Å². The van der Waals surface area contributed by atoms with Crippen LogP contribution in [0.15, 0.2) is 0 Å². The Morgan fingerprint density at radius 3 is 2.41 bits per heavy atom. The highest BCUT2D eigenvalue weighted by Gasteiger charge is 2.45. The maximum Gasteiger partial charge on any atom is 0.173 e. The van der Waals surface area contributed by atoms with Crippen molar-refractivity contribution in [3.05, 3.63) is 0 Å². The highest BCUT2D eigenvalue weighted by molar-refractivity contribution is 7.99. The van der Waals surface area contributed by atoms with Crippen LogP contribution in [0.2, 0.25) is 0 Å². The Kier molecular flexibility index (Phi) is 4.65. The van der Waals surface area contributed by atoms with Crippen LogP contribution in [0.4, 0.5) is 0 Å². The number of thioether (sulfide) groups is 1. The van der Waals surface area contributed by atoms with E-state index >= 15 is 0 Å². The molecule has 0 aromatic rings. The summed E-state index contributed by atoms with van der Waals surface area (Å²) in [5.74, 6) is 1.93. The van der Waals surface area contributed by atoms with Crippen LogP contribution in [-0.2, 0) is 4.74 Å². The summed E-state index contributed by atoms with van der Waals surface area (Å²) in [5, 5.41) is 29.8. The number of nitrogens with two attached hydrogens (primary N) is 1. The summed E-state index contributed by atoms with van der Waals surface area (Å²) >= 11 is 1.84. The lowest BCUT2D eigenvalue weighted by Gasteiger charge is -2.46. The fourth-order valence-corrected chi connectivity index (χ4v) is 3.33. The lowest BCUT2D eigenvalue weighted by atomic mass is 9.95. The van der Waals surface area contributed by atoms with Crippen molar-refractivity contribution in [2.75, 3.05) is 31.1 Å². The SMILES string of the molecule is NC[C@H]1OC(O)[C@H](N2CCSCC2)[C@@H](O)[C@H]1O. The normalized spacial score (nSPS) is 44.8. The molecule has 6 nitrogen and oxygen atoms in total. The molecule has 2 rings (SSSR count). The van der Waals surface area contributed by atoms with Gasteiger partial charge in [0, 0.05) is 31.1 Å². The molecule has 5 atom stereocenters. The summed E-state index contributed by atoms with van der Waals surface area (Å²) in [5.41, 5.74) is 5.42. The van der Waals surface area contributed by atoms with Crippen LogP contribution < -0.4 is 5.73 Å². The van der Waals surface area contributed by atoms with Crippen molar-refractivity contribution >= 4 is 11.8 Å². The summed E-state index contributed by atoms with van der Waals surface area (Å²) in [7, 11) is 0. The zero-order valence-corrected chi connectivity index (χ0v) is 10.4. The van der Waals surface area contributed by atoms with Gasteiger partial charge in [0.15, 0.2) is 6.29 Å². The third kappa shape index (κ3) is 2.76. The zero-order valence-electron chi connectivity index (χ0n) is 9.60. The van der Waals surface area contributed by atoms with Crippen LogP contribution in [0, 0.1) is 0 Å². The molecule has 100 valence electrons. The Morgan fingerprint density at radius 2 is 1.82 bits per heavy atom. The summed E-state index contributed by atoms with van der Waals surface area (Å²) in [6, 6.07) is -0.561. The number of hydrogen-bond donors (Lipinski definition) is 4. The van der Waals surface area contributed by atoms with E-state index in [1.165, 1.54) is 0 Å². The van der Waals surface area contributed by atoms with Crippen LogP contribution >= 0.6 is 11.8 Å². The third-order valence-corrected chi connectivity index (χ3v) is 4.33. The number of hydrogen-bond acceptors (Lipinski definition) is 7. The van der Waals surface area contributed by atoms with E-state index < -0.39 is 30.6 Å². The minimum atomic E-state index is -1.09. The van der Waals surface area contributed by atoms with Gasteiger partial charge in [-0.3, -0.25) is 4.90 Å². The summed E-state index contributed by atoms with van der Waals surface area (Å²) in [4.78, 5) is 1.97. The predicted octanol–water partition coefficient (Wildman–Crippen LogP) is -2.20. The van der Waals surface area contributed by atoms with Crippen LogP contribution in [0.1, 0.15) is 0 Å². The molecule has 0 amide bonds. The van der Waals surface area contributed by atoms with Gasteiger partial charge in [-0.1, -0.05) is 0 Å². The third-order valence-electron chi connectivity index (χ3n) is 3.39.